The molecule has 0 spiro atoms. The number of thiazole rings is 1. The lowest BCUT2D eigenvalue weighted by Gasteiger charge is -2.16. The van der Waals surface area contributed by atoms with Crippen LogP contribution in [0.25, 0.3) is 0 Å². The molecule has 1 aromatic heterocycles. The molecule has 0 aliphatic heterocycles. The summed E-state index contributed by atoms with van der Waals surface area (Å²) in [6.07, 6.45) is 0. The maximum absolute atomic E-state index is 12.1. The molecule has 0 saturated carbocycles. The molecule has 0 aliphatic rings. The average Bonchev–Trinajstić information content (AvgIpc) is 3.04. The Morgan fingerprint density at radius 2 is 2.30 bits per heavy atom. The molecule has 0 aliphatic carbocycles. The fourth-order valence-corrected chi connectivity index (χ4v) is 2.79. The number of benzene rings is 1. The van der Waals surface area contributed by atoms with E-state index >= 15 is 0 Å². The van der Waals surface area contributed by atoms with Gasteiger partial charge >= 0.3 is 5.97 Å². The van der Waals surface area contributed by atoms with Gasteiger partial charge in [-0.15, -0.1) is 11.3 Å². The van der Waals surface area contributed by atoms with E-state index in [0.717, 1.165) is 10.8 Å². The van der Waals surface area contributed by atoms with Crippen LogP contribution in [0.4, 0.5) is 5.13 Å². The Kier molecular flexibility index (Phi) is 5.68. The molecule has 7 heteroatoms. The molecular weight excluding hydrogens is 312 g/mol. The van der Waals surface area contributed by atoms with Gasteiger partial charge in [0.15, 0.2) is 5.13 Å². The first-order valence-corrected chi connectivity index (χ1v) is 7.86. The van der Waals surface area contributed by atoms with Crippen molar-refractivity contribution < 1.29 is 9.53 Å². The molecule has 0 amide bonds. The minimum atomic E-state index is -0.641. The average molecular weight is 330 g/mol. The highest BCUT2D eigenvalue weighted by atomic mass is 32.1. The molecule has 2 rings (SSSR count). The van der Waals surface area contributed by atoms with Crippen LogP contribution in [0, 0.1) is 11.3 Å². The molecule has 1 aromatic carbocycles. The van der Waals surface area contributed by atoms with Crippen LogP contribution in [0.5, 0.6) is 0 Å². The molecule has 23 heavy (non-hydrogen) atoms. The third-order valence-corrected chi connectivity index (χ3v) is 4.25. The molecule has 1 N–H and O–H groups in total. The summed E-state index contributed by atoms with van der Waals surface area (Å²) in [5.41, 5.74) is 2.05. The minimum Gasteiger partial charge on any atom is -0.468 e. The quantitative estimate of drug-likeness (QED) is 0.817. The number of rotatable bonds is 6. The van der Waals surface area contributed by atoms with E-state index in [1.807, 2.05) is 24.4 Å². The first-order valence-electron chi connectivity index (χ1n) is 6.98. The molecule has 0 unspecified atom stereocenters. The Labute approximate surface area is 139 Å². The van der Waals surface area contributed by atoms with Gasteiger partial charge in [0, 0.05) is 26.0 Å². The zero-order valence-corrected chi connectivity index (χ0v) is 14.1. The van der Waals surface area contributed by atoms with Crippen LogP contribution >= 0.6 is 11.3 Å². The van der Waals surface area contributed by atoms with Gasteiger partial charge < -0.3 is 9.64 Å². The van der Waals surface area contributed by atoms with Gasteiger partial charge in [0.1, 0.15) is 6.04 Å². The number of nitriles is 1. The molecule has 1 heterocycles. The van der Waals surface area contributed by atoms with Crippen molar-refractivity contribution in [1.29, 1.82) is 5.26 Å². The molecule has 0 saturated heterocycles. The van der Waals surface area contributed by atoms with Crippen molar-refractivity contribution in [3.63, 3.8) is 0 Å². The highest BCUT2D eigenvalue weighted by molar-refractivity contribution is 7.13. The predicted molar refractivity (Wildman–Crippen MR) is 89.2 cm³/mol. The lowest BCUT2D eigenvalue weighted by atomic mass is 10.0. The van der Waals surface area contributed by atoms with E-state index in [1.165, 1.54) is 7.11 Å². The normalized spacial score (nSPS) is 11.6. The Morgan fingerprint density at radius 1 is 1.52 bits per heavy atom. The number of nitrogens with one attached hydrogen (secondary N) is 1. The maximum Gasteiger partial charge on any atom is 0.327 e. The van der Waals surface area contributed by atoms with Crippen LogP contribution in [-0.2, 0) is 16.1 Å². The summed E-state index contributed by atoms with van der Waals surface area (Å²) < 4.78 is 4.86. The fourth-order valence-electron chi connectivity index (χ4n) is 2.03. The molecular formula is C16H18N4O2S. The van der Waals surface area contributed by atoms with Crippen molar-refractivity contribution in [2.24, 2.45) is 0 Å². The van der Waals surface area contributed by atoms with Crippen LogP contribution in [0.3, 0.4) is 0 Å². The summed E-state index contributed by atoms with van der Waals surface area (Å²) in [5, 5.41) is 15.0. The summed E-state index contributed by atoms with van der Waals surface area (Å²) in [7, 11) is 5.21. The summed E-state index contributed by atoms with van der Waals surface area (Å²) >= 11 is 1.54. The van der Waals surface area contributed by atoms with Crippen molar-refractivity contribution in [3.8, 4) is 6.07 Å². The molecule has 1 atom stereocenters. The van der Waals surface area contributed by atoms with Gasteiger partial charge in [0.05, 0.1) is 24.4 Å². The molecule has 0 bridgehead atoms. The third kappa shape index (κ3) is 4.28. The molecule has 2 aromatic rings. The number of methoxy groups -OCH3 is 1. The largest absolute Gasteiger partial charge is 0.468 e. The van der Waals surface area contributed by atoms with Crippen LogP contribution in [0.15, 0.2) is 29.6 Å². The third-order valence-electron chi connectivity index (χ3n) is 3.20. The summed E-state index contributed by atoms with van der Waals surface area (Å²) in [4.78, 5) is 18.5. The van der Waals surface area contributed by atoms with Gasteiger partial charge in [-0.1, -0.05) is 12.1 Å². The van der Waals surface area contributed by atoms with E-state index in [4.69, 9.17) is 10.00 Å². The van der Waals surface area contributed by atoms with Crippen LogP contribution in [0.2, 0.25) is 0 Å². The van der Waals surface area contributed by atoms with Gasteiger partial charge in [0.25, 0.3) is 0 Å². The van der Waals surface area contributed by atoms with Crippen LogP contribution in [-0.4, -0.2) is 32.2 Å². The van der Waals surface area contributed by atoms with Crippen LogP contribution < -0.4 is 10.2 Å². The summed E-state index contributed by atoms with van der Waals surface area (Å²) in [6.45, 7) is 0.431. The number of esters is 1. The topological polar surface area (TPSA) is 78.2 Å². The van der Waals surface area contributed by atoms with Gasteiger partial charge in [-0.2, -0.15) is 5.26 Å². The zero-order chi connectivity index (χ0) is 16.8. The van der Waals surface area contributed by atoms with E-state index in [1.54, 1.807) is 35.6 Å². The number of hydrogen-bond acceptors (Lipinski definition) is 7. The SMILES string of the molecule is COC(=O)[C@H](NCc1csc(N(C)C)n1)c1cccc(C#N)c1. The molecule has 120 valence electrons. The van der Waals surface area contributed by atoms with E-state index in [-0.39, 0.29) is 0 Å². The smallest absolute Gasteiger partial charge is 0.327 e. The predicted octanol–water partition coefficient (Wildman–Crippen LogP) is 2.08. The van der Waals surface area contributed by atoms with Crippen LogP contribution in [0.1, 0.15) is 22.9 Å². The van der Waals surface area contributed by atoms with Crippen molar-refractivity contribution in [1.82, 2.24) is 10.3 Å². The number of hydrogen-bond donors (Lipinski definition) is 1. The molecule has 0 fully saturated rings. The van der Waals surface area contributed by atoms with Gasteiger partial charge in [-0.05, 0) is 17.7 Å². The number of carbonyl (C=O) groups excluding carboxylic acids is 1. The van der Waals surface area contributed by atoms with Crippen molar-refractivity contribution in [2.75, 3.05) is 26.1 Å². The number of nitrogens with zero attached hydrogens (tertiary/aromatic N) is 3. The highest BCUT2D eigenvalue weighted by Crippen LogP contribution is 2.20. The monoisotopic (exact) mass is 330 g/mol. The Balaban J connectivity index is 2.15. The van der Waals surface area contributed by atoms with Crippen molar-refractivity contribution in [3.05, 3.63) is 46.5 Å². The number of carbonyl (C=O) groups is 1. The Morgan fingerprint density at radius 3 is 2.91 bits per heavy atom. The van der Waals surface area contributed by atoms with E-state index in [0.29, 0.717) is 17.7 Å². The minimum absolute atomic E-state index is 0.400. The van der Waals surface area contributed by atoms with E-state index < -0.39 is 12.0 Å². The van der Waals surface area contributed by atoms with E-state index in [9.17, 15) is 4.79 Å². The fraction of sp³-hybridized carbons (Fsp3) is 0.312. The second-order valence-electron chi connectivity index (χ2n) is 5.09. The summed E-state index contributed by atoms with van der Waals surface area (Å²) in [6, 6.07) is 8.35. The first kappa shape index (κ1) is 16.9. The molecule has 6 nitrogen and oxygen atoms in total. The number of ether oxygens (including phenoxy) is 1. The van der Waals surface area contributed by atoms with Crippen molar-refractivity contribution >= 4 is 22.4 Å². The highest BCUT2D eigenvalue weighted by Gasteiger charge is 2.21. The second kappa shape index (κ2) is 7.72. The maximum atomic E-state index is 12.1. The standard InChI is InChI=1S/C16H18N4O2S/c1-20(2)16-19-13(10-23-16)9-18-14(15(21)22-3)12-6-4-5-11(7-12)8-17/h4-7,10,14,18H,9H2,1-3H3/t14-/m1/s1. The van der Waals surface area contributed by atoms with Crippen molar-refractivity contribution in [2.45, 2.75) is 12.6 Å². The number of anilines is 1. The van der Waals surface area contributed by atoms with E-state index in [2.05, 4.69) is 16.4 Å². The lowest BCUT2D eigenvalue weighted by Crippen LogP contribution is -2.29. The van der Waals surface area contributed by atoms with Gasteiger partial charge in [-0.25, -0.2) is 9.78 Å². The van der Waals surface area contributed by atoms with Gasteiger partial charge in [-0.3, -0.25) is 5.32 Å². The second-order valence-corrected chi connectivity index (χ2v) is 5.93. The Hall–Kier alpha value is -2.43. The number of aromatic nitrogens is 1. The lowest BCUT2D eigenvalue weighted by molar-refractivity contribution is -0.143. The van der Waals surface area contributed by atoms with Gasteiger partial charge in [0.2, 0.25) is 0 Å². The summed E-state index contributed by atoms with van der Waals surface area (Å²) in [5.74, 6) is -0.400. The Bertz CT molecular complexity index is 721. The molecule has 0 radical (unpaired) electrons. The first-order chi connectivity index (χ1) is 11.0. The zero-order valence-electron chi connectivity index (χ0n) is 13.2.